The molecule has 2 aromatic rings. The van der Waals surface area contributed by atoms with Gasteiger partial charge in [0.15, 0.2) is 5.69 Å². The van der Waals surface area contributed by atoms with E-state index in [1.54, 1.807) is 6.07 Å². The SMILES string of the molecule is CCC1CCCCN1C(=O)c1ccc(NCCc2cccc(Cl)c2)nn1. The second-order valence-corrected chi connectivity index (χ2v) is 7.10. The minimum absolute atomic E-state index is 0.00507. The van der Waals surface area contributed by atoms with Gasteiger partial charge in [0.1, 0.15) is 5.82 Å². The van der Waals surface area contributed by atoms with E-state index in [-0.39, 0.29) is 5.91 Å². The summed E-state index contributed by atoms with van der Waals surface area (Å²) in [5.41, 5.74) is 1.59. The molecule has 138 valence electrons. The zero-order valence-corrected chi connectivity index (χ0v) is 15.9. The van der Waals surface area contributed by atoms with E-state index in [1.165, 1.54) is 12.0 Å². The lowest BCUT2D eigenvalue weighted by Gasteiger charge is -2.34. The number of rotatable bonds is 6. The van der Waals surface area contributed by atoms with E-state index in [9.17, 15) is 4.79 Å². The number of hydrogen-bond donors (Lipinski definition) is 1. The van der Waals surface area contributed by atoms with Gasteiger partial charge in [0.2, 0.25) is 0 Å². The molecule has 1 aliphatic heterocycles. The van der Waals surface area contributed by atoms with Crippen LogP contribution in [-0.2, 0) is 6.42 Å². The van der Waals surface area contributed by atoms with Crippen molar-refractivity contribution in [2.45, 2.75) is 45.1 Å². The maximum absolute atomic E-state index is 12.7. The smallest absolute Gasteiger partial charge is 0.274 e. The standard InChI is InChI=1S/C20H25ClN4O/c1-2-17-8-3-4-13-25(17)20(26)18-9-10-19(24-23-18)22-12-11-15-6-5-7-16(21)14-15/h5-7,9-10,14,17H,2-4,8,11-13H2,1H3,(H,22,24). The molecule has 1 amide bonds. The number of anilines is 1. The van der Waals surface area contributed by atoms with Crippen molar-refractivity contribution < 1.29 is 4.79 Å². The van der Waals surface area contributed by atoms with Gasteiger partial charge >= 0.3 is 0 Å². The fourth-order valence-corrected chi connectivity index (χ4v) is 3.62. The van der Waals surface area contributed by atoms with Crippen molar-refractivity contribution >= 4 is 23.3 Å². The summed E-state index contributed by atoms with van der Waals surface area (Å²) >= 11 is 5.99. The molecule has 1 unspecified atom stereocenters. The summed E-state index contributed by atoms with van der Waals surface area (Å²) in [5, 5.41) is 12.3. The lowest BCUT2D eigenvalue weighted by molar-refractivity contribution is 0.0601. The Morgan fingerprint density at radius 3 is 2.88 bits per heavy atom. The van der Waals surface area contributed by atoms with Crippen LogP contribution in [0.3, 0.4) is 0 Å². The van der Waals surface area contributed by atoms with Gasteiger partial charge in [0, 0.05) is 24.2 Å². The fraction of sp³-hybridized carbons (Fsp3) is 0.450. The topological polar surface area (TPSA) is 58.1 Å². The molecule has 1 atom stereocenters. The van der Waals surface area contributed by atoms with Crippen molar-refractivity contribution in [2.75, 3.05) is 18.4 Å². The van der Waals surface area contributed by atoms with Gasteiger partial charge in [-0.25, -0.2) is 0 Å². The molecule has 3 rings (SSSR count). The molecule has 1 saturated heterocycles. The Hall–Kier alpha value is -2.14. The quantitative estimate of drug-likeness (QED) is 0.826. The highest BCUT2D eigenvalue weighted by atomic mass is 35.5. The maximum Gasteiger partial charge on any atom is 0.274 e. The average Bonchev–Trinajstić information content (AvgIpc) is 2.68. The molecule has 1 aliphatic rings. The molecule has 0 radical (unpaired) electrons. The number of piperidine rings is 1. The van der Waals surface area contributed by atoms with Crippen LogP contribution < -0.4 is 5.32 Å². The molecule has 0 bridgehead atoms. The van der Waals surface area contributed by atoms with Crippen molar-refractivity contribution in [3.8, 4) is 0 Å². The van der Waals surface area contributed by atoms with Crippen LogP contribution in [0.1, 0.15) is 48.7 Å². The third-order valence-corrected chi connectivity index (χ3v) is 5.09. The zero-order chi connectivity index (χ0) is 18.4. The molecule has 0 aliphatic carbocycles. The molecule has 1 fully saturated rings. The van der Waals surface area contributed by atoms with Gasteiger partial charge in [-0.3, -0.25) is 4.79 Å². The van der Waals surface area contributed by atoms with E-state index in [4.69, 9.17) is 11.6 Å². The molecule has 0 spiro atoms. The van der Waals surface area contributed by atoms with Crippen LogP contribution in [0.25, 0.3) is 0 Å². The van der Waals surface area contributed by atoms with Gasteiger partial charge in [-0.05, 0) is 61.9 Å². The monoisotopic (exact) mass is 372 g/mol. The number of carbonyl (C=O) groups is 1. The Morgan fingerprint density at radius 1 is 1.27 bits per heavy atom. The van der Waals surface area contributed by atoms with Crippen LogP contribution in [0.2, 0.25) is 5.02 Å². The first-order valence-corrected chi connectivity index (χ1v) is 9.68. The van der Waals surface area contributed by atoms with E-state index >= 15 is 0 Å². The van der Waals surface area contributed by atoms with E-state index in [2.05, 4.69) is 22.4 Å². The normalized spacial score (nSPS) is 17.2. The summed E-state index contributed by atoms with van der Waals surface area (Å²) in [7, 11) is 0. The van der Waals surface area contributed by atoms with Crippen LogP contribution in [0.15, 0.2) is 36.4 Å². The molecule has 0 saturated carbocycles. The van der Waals surface area contributed by atoms with Gasteiger partial charge in [-0.1, -0.05) is 30.7 Å². The number of nitrogens with zero attached hydrogens (tertiary/aromatic N) is 3. The Morgan fingerprint density at radius 2 is 2.15 bits per heavy atom. The van der Waals surface area contributed by atoms with Gasteiger partial charge in [-0.2, -0.15) is 0 Å². The van der Waals surface area contributed by atoms with E-state index in [0.29, 0.717) is 17.6 Å². The predicted octanol–water partition coefficient (Wildman–Crippen LogP) is 4.19. The highest BCUT2D eigenvalue weighted by Crippen LogP contribution is 2.21. The Labute approximate surface area is 159 Å². The molecule has 2 heterocycles. The van der Waals surface area contributed by atoms with Crippen LogP contribution >= 0.6 is 11.6 Å². The fourth-order valence-electron chi connectivity index (χ4n) is 3.41. The summed E-state index contributed by atoms with van der Waals surface area (Å²) in [5.74, 6) is 0.670. The first-order valence-electron chi connectivity index (χ1n) is 9.30. The largest absolute Gasteiger partial charge is 0.368 e. The molecular weight excluding hydrogens is 348 g/mol. The molecule has 1 N–H and O–H groups in total. The number of hydrogen-bond acceptors (Lipinski definition) is 4. The second kappa shape index (κ2) is 8.99. The number of amides is 1. The summed E-state index contributed by atoms with van der Waals surface area (Å²) in [6.07, 6.45) is 5.18. The Balaban J connectivity index is 1.55. The molecule has 1 aromatic carbocycles. The van der Waals surface area contributed by atoms with Crippen LogP contribution in [0.5, 0.6) is 0 Å². The minimum Gasteiger partial charge on any atom is -0.368 e. The van der Waals surface area contributed by atoms with Crippen LogP contribution in [0, 0.1) is 0 Å². The minimum atomic E-state index is -0.00507. The summed E-state index contributed by atoms with van der Waals surface area (Å²) in [6, 6.07) is 11.7. The van der Waals surface area contributed by atoms with Gasteiger partial charge in [-0.15, -0.1) is 10.2 Å². The van der Waals surface area contributed by atoms with Crippen molar-refractivity contribution in [1.82, 2.24) is 15.1 Å². The van der Waals surface area contributed by atoms with E-state index < -0.39 is 0 Å². The van der Waals surface area contributed by atoms with Gasteiger partial charge < -0.3 is 10.2 Å². The average molecular weight is 373 g/mol. The van der Waals surface area contributed by atoms with Crippen LogP contribution in [-0.4, -0.2) is 40.1 Å². The zero-order valence-electron chi connectivity index (χ0n) is 15.1. The summed E-state index contributed by atoms with van der Waals surface area (Å²) in [4.78, 5) is 14.7. The lowest BCUT2D eigenvalue weighted by atomic mass is 9.99. The van der Waals surface area contributed by atoms with Crippen molar-refractivity contribution in [3.05, 3.63) is 52.7 Å². The number of benzene rings is 1. The summed E-state index contributed by atoms with van der Waals surface area (Å²) in [6.45, 7) is 3.68. The van der Waals surface area contributed by atoms with Gasteiger partial charge in [0.05, 0.1) is 0 Å². The Kier molecular flexibility index (Phi) is 6.45. The van der Waals surface area contributed by atoms with E-state index in [1.807, 2.05) is 35.2 Å². The predicted molar refractivity (Wildman–Crippen MR) is 105 cm³/mol. The highest BCUT2D eigenvalue weighted by molar-refractivity contribution is 6.30. The Bertz CT molecular complexity index is 735. The van der Waals surface area contributed by atoms with E-state index in [0.717, 1.165) is 43.8 Å². The lowest BCUT2D eigenvalue weighted by Crippen LogP contribution is -2.43. The third kappa shape index (κ3) is 4.73. The molecule has 26 heavy (non-hydrogen) atoms. The second-order valence-electron chi connectivity index (χ2n) is 6.67. The number of likely N-dealkylation sites (tertiary alicyclic amines) is 1. The molecule has 6 heteroatoms. The number of carbonyl (C=O) groups excluding carboxylic acids is 1. The van der Waals surface area contributed by atoms with Gasteiger partial charge in [0.25, 0.3) is 5.91 Å². The first-order chi connectivity index (χ1) is 12.7. The number of aromatic nitrogens is 2. The first kappa shape index (κ1) is 18.6. The van der Waals surface area contributed by atoms with Crippen molar-refractivity contribution in [2.24, 2.45) is 0 Å². The van der Waals surface area contributed by atoms with Crippen LogP contribution in [0.4, 0.5) is 5.82 Å². The van der Waals surface area contributed by atoms with Crippen molar-refractivity contribution in [1.29, 1.82) is 0 Å². The van der Waals surface area contributed by atoms with Crippen molar-refractivity contribution in [3.63, 3.8) is 0 Å². The number of halogens is 1. The summed E-state index contributed by atoms with van der Waals surface area (Å²) < 4.78 is 0. The molecule has 1 aromatic heterocycles. The maximum atomic E-state index is 12.7. The molecule has 5 nitrogen and oxygen atoms in total. The third-order valence-electron chi connectivity index (χ3n) is 4.85. The molecular formula is C20H25ClN4O. The highest BCUT2D eigenvalue weighted by Gasteiger charge is 2.27. The number of nitrogens with one attached hydrogen (secondary N) is 1.